The Balaban J connectivity index is 1.35. The predicted molar refractivity (Wildman–Crippen MR) is 167 cm³/mol. The molecule has 2 aromatic rings. The van der Waals surface area contributed by atoms with Crippen molar-refractivity contribution in [2.24, 2.45) is 17.8 Å². The number of carboxylic acids is 1. The summed E-state index contributed by atoms with van der Waals surface area (Å²) in [6, 6.07) is 13.9. The molecule has 240 valence electrons. The van der Waals surface area contributed by atoms with Gasteiger partial charge in [0.05, 0.1) is 24.5 Å². The van der Waals surface area contributed by atoms with E-state index in [2.05, 4.69) is 6.92 Å². The lowest BCUT2D eigenvalue weighted by Crippen LogP contribution is -2.35. The number of carbonyl (C=O) groups excluding carboxylic acids is 2. The van der Waals surface area contributed by atoms with Crippen molar-refractivity contribution in [3.63, 3.8) is 0 Å². The van der Waals surface area contributed by atoms with E-state index in [0.717, 1.165) is 35.3 Å². The van der Waals surface area contributed by atoms with Gasteiger partial charge in [0.1, 0.15) is 12.4 Å². The summed E-state index contributed by atoms with van der Waals surface area (Å²) >= 11 is 0. The zero-order valence-electron chi connectivity index (χ0n) is 25.8. The van der Waals surface area contributed by atoms with E-state index in [0.29, 0.717) is 63.8 Å². The molecule has 0 aromatic heterocycles. The SMILES string of the molecule is CCC/C(=C\c1ccc(O)c(F)c1)CC[C@H]1OC[C@H]2C1=C(COc1ccccc1)C[C@H]1C(=O)N(CCCCCC(=O)O)C(=O)[C@H]12. The molecule has 45 heavy (non-hydrogen) atoms. The van der Waals surface area contributed by atoms with Crippen LogP contribution in [0.1, 0.15) is 70.3 Å². The lowest BCUT2D eigenvalue weighted by molar-refractivity contribution is -0.141. The summed E-state index contributed by atoms with van der Waals surface area (Å²) in [5.41, 5.74) is 3.92. The maximum Gasteiger partial charge on any atom is 0.303 e. The van der Waals surface area contributed by atoms with Gasteiger partial charge in [-0.2, -0.15) is 0 Å². The minimum absolute atomic E-state index is 0.0764. The number of carboxylic acid groups (broad SMARTS) is 1. The van der Waals surface area contributed by atoms with Gasteiger partial charge in [0.15, 0.2) is 11.6 Å². The Hall–Kier alpha value is -3.98. The van der Waals surface area contributed by atoms with Crippen LogP contribution in [0.2, 0.25) is 0 Å². The van der Waals surface area contributed by atoms with Crippen LogP contribution < -0.4 is 4.74 Å². The second-order valence-electron chi connectivity index (χ2n) is 12.3. The molecule has 0 bridgehead atoms. The average molecular weight is 620 g/mol. The van der Waals surface area contributed by atoms with Crippen molar-refractivity contribution in [1.82, 2.24) is 4.90 Å². The molecule has 0 spiro atoms. The van der Waals surface area contributed by atoms with Crippen LogP contribution in [0, 0.1) is 23.6 Å². The molecule has 4 atom stereocenters. The number of hydrogen-bond acceptors (Lipinski definition) is 6. The standard InChI is InChI=1S/C36H42FNO7/c1-2-9-23(18-24-13-15-30(39)29(37)19-24)14-16-31-33-25(21-44-26-10-5-3-6-11-26)20-27-34(28(33)22-45-31)36(43)38(35(27)42)17-8-4-7-12-32(40)41/h3,5-6,10-11,13,15,18-19,27-28,31,34,39H,2,4,7-9,12,14,16-17,20-22H2,1H3,(H,40,41)/b23-18+/t27-,28+,31-,34-/m1/s1. The highest BCUT2D eigenvalue weighted by Gasteiger charge is 2.56. The van der Waals surface area contributed by atoms with E-state index in [-0.39, 0.29) is 36.0 Å². The monoisotopic (exact) mass is 619 g/mol. The number of para-hydroxylation sites is 1. The quantitative estimate of drug-likeness (QED) is 0.132. The topological polar surface area (TPSA) is 113 Å². The van der Waals surface area contributed by atoms with Crippen LogP contribution in [0.25, 0.3) is 6.08 Å². The number of nitrogens with zero attached hydrogens (tertiary/aromatic N) is 1. The number of aromatic hydroxyl groups is 1. The molecule has 2 heterocycles. The van der Waals surface area contributed by atoms with Gasteiger partial charge >= 0.3 is 5.97 Å². The van der Waals surface area contributed by atoms with E-state index in [1.807, 2.05) is 36.4 Å². The Bertz CT molecular complexity index is 1450. The number of halogens is 1. The first-order chi connectivity index (χ1) is 21.8. The largest absolute Gasteiger partial charge is 0.505 e. The van der Waals surface area contributed by atoms with Crippen LogP contribution in [0.4, 0.5) is 4.39 Å². The molecule has 5 rings (SSSR count). The summed E-state index contributed by atoms with van der Waals surface area (Å²) in [6.07, 6.45) is 7.14. The zero-order chi connectivity index (χ0) is 31.9. The molecular weight excluding hydrogens is 577 g/mol. The number of phenols is 1. The number of benzene rings is 2. The Morgan fingerprint density at radius 3 is 2.58 bits per heavy atom. The first-order valence-electron chi connectivity index (χ1n) is 16.0. The molecule has 8 nitrogen and oxygen atoms in total. The van der Waals surface area contributed by atoms with Gasteiger partial charge in [-0.25, -0.2) is 4.39 Å². The minimum atomic E-state index is -0.847. The number of imide groups is 1. The Morgan fingerprint density at radius 2 is 1.84 bits per heavy atom. The Morgan fingerprint density at radius 1 is 1.04 bits per heavy atom. The fraction of sp³-hybridized carbons (Fsp3) is 0.472. The molecule has 2 aromatic carbocycles. The van der Waals surface area contributed by atoms with E-state index in [1.165, 1.54) is 17.0 Å². The number of carbonyl (C=O) groups is 3. The summed E-state index contributed by atoms with van der Waals surface area (Å²) in [4.78, 5) is 39.5. The molecule has 2 N–H and O–H groups in total. The van der Waals surface area contributed by atoms with Crippen molar-refractivity contribution >= 4 is 23.9 Å². The van der Waals surface area contributed by atoms with Crippen LogP contribution in [-0.2, 0) is 19.1 Å². The van der Waals surface area contributed by atoms with Gasteiger partial charge in [-0.15, -0.1) is 0 Å². The Labute approximate surface area is 263 Å². The normalized spacial score (nSPS) is 23.0. The number of rotatable bonds is 15. The van der Waals surface area contributed by atoms with Crippen molar-refractivity contribution in [2.75, 3.05) is 19.8 Å². The van der Waals surface area contributed by atoms with Gasteiger partial charge in [-0.1, -0.05) is 55.7 Å². The molecule has 1 aliphatic carbocycles. The number of hydrogen-bond donors (Lipinski definition) is 2. The molecular formula is C36H42FNO7. The molecule has 9 heteroatoms. The van der Waals surface area contributed by atoms with Crippen molar-refractivity contribution in [3.8, 4) is 11.5 Å². The average Bonchev–Trinajstić information content (AvgIpc) is 3.55. The van der Waals surface area contributed by atoms with Gasteiger partial charge in [0.2, 0.25) is 11.8 Å². The van der Waals surface area contributed by atoms with Crippen LogP contribution in [0.15, 0.2) is 65.3 Å². The van der Waals surface area contributed by atoms with Crippen LogP contribution in [0.5, 0.6) is 11.5 Å². The number of likely N-dealkylation sites (tertiary alicyclic amines) is 1. The molecule has 0 unspecified atom stereocenters. The van der Waals surface area contributed by atoms with E-state index in [1.54, 1.807) is 6.07 Å². The highest BCUT2D eigenvalue weighted by atomic mass is 19.1. The van der Waals surface area contributed by atoms with Crippen LogP contribution >= 0.6 is 0 Å². The van der Waals surface area contributed by atoms with E-state index < -0.39 is 23.6 Å². The second kappa shape index (κ2) is 14.9. The van der Waals surface area contributed by atoms with Crippen LogP contribution in [-0.4, -0.2) is 58.8 Å². The summed E-state index contributed by atoms with van der Waals surface area (Å²) in [6.45, 7) is 3.06. The summed E-state index contributed by atoms with van der Waals surface area (Å²) in [5.74, 6) is -2.59. The number of phenolic OH excluding ortho intramolecular Hbond substituents is 1. The van der Waals surface area contributed by atoms with Gasteiger partial charge in [-0.3, -0.25) is 19.3 Å². The molecule has 0 radical (unpaired) electrons. The van der Waals surface area contributed by atoms with E-state index in [4.69, 9.17) is 14.6 Å². The number of aliphatic carboxylic acids is 1. The lowest BCUT2D eigenvalue weighted by atomic mass is 9.69. The van der Waals surface area contributed by atoms with Gasteiger partial charge in [0.25, 0.3) is 0 Å². The summed E-state index contributed by atoms with van der Waals surface area (Å²) < 4.78 is 26.6. The molecule has 2 saturated heterocycles. The Kier molecular flexibility index (Phi) is 10.7. The predicted octanol–water partition coefficient (Wildman–Crippen LogP) is 6.54. The third-order valence-electron chi connectivity index (χ3n) is 9.17. The van der Waals surface area contributed by atoms with Gasteiger partial charge in [0, 0.05) is 18.9 Å². The molecule has 2 fully saturated rings. The highest BCUT2D eigenvalue weighted by molar-refractivity contribution is 6.06. The maximum atomic E-state index is 14.0. The van der Waals surface area contributed by atoms with Gasteiger partial charge < -0.3 is 19.7 Å². The van der Waals surface area contributed by atoms with Crippen molar-refractivity contribution in [2.45, 2.75) is 70.8 Å². The second-order valence-corrected chi connectivity index (χ2v) is 12.3. The number of fused-ring (bicyclic) bond motifs is 3. The maximum absolute atomic E-state index is 14.0. The van der Waals surface area contributed by atoms with Crippen molar-refractivity contribution in [3.05, 3.63) is 76.6 Å². The van der Waals surface area contributed by atoms with Crippen LogP contribution in [0.3, 0.4) is 0 Å². The first-order valence-corrected chi connectivity index (χ1v) is 16.0. The first kappa shape index (κ1) is 32.4. The third-order valence-corrected chi connectivity index (χ3v) is 9.17. The fourth-order valence-corrected chi connectivity index (χ4v) is 7.06. The molecule has 3 aliphatic rings. The lowest BCUT2D eigenvalue weighted by Gasteiger charge is -2.32. The van der Waals surface area contributed by atoms with E-state index in [9.17, 15) is 23.9 Å². The number of unbranched alkanes of at least 4 members (excludes halogenated alkanes) is 2. The smallest absolute Gasteiger partial charge is 0.303 e. The number of allylic oxidation sites excluding steroid dienone is 1. The van der Waals surface area contributed by atoms with Gasteiger partial charge in [-0.05, 0) is 79.5 Å². The highest BCUT2D eigenvalue weighted by Crippen LogP contribution is 2.50. The molecule has 0 saturated carbocycles. The molecule has 2 aliphatic heterocycles. The minimum Gasteiger partial charge on any atom is -0.505 e. The molecule has 2 amide bonds. The number of amides is 2. The van der Waals surface area contributed by atoms with Crippen molar-refractivity contribution in [1.29, 1.82) is 0 Å². The number of ether oxygens (including phenoxy) is 2. The fourth-order valence-electron chi connectivity index (χ4n) is 7.06. The van der Waals surface area contributed by atoms with E-state index >= 15 is 0 Å². The third kappa shape index (κ3) is 7.64. The zero-order valence-corrected chi connectivity index (χ0v) is 25.8. The summed E-state index contributed by atoms with van der Waals surface area (Å²) in [7, 11) is 0. The van der Waals surface area contributed by atoms with Crippen molar-refractivity contribution < 1.29 is 38.5 Å². The summed E-state index contributed by atoms with van der Waals surface area (Å²) in [5, 5.41) is 18.5.